The smallest absolute Gasteiger partial charge is 0.133 e. The van der Waals surface area contributed by atoms with Crippen LogP contribution in [0, 0.1) is 5.92 Å². The second kappa shape index (κ2) is 85.2. The van der Waals surface area contributed by atoms with Crippen molar-refractivity contribution in [1.82, 2.24) is 4.90 Å². The minimum Gasteiger partial charge on any atom is -0.433 e. The fourth-order valence-corrected chi connectivity index (χ4v) is 13.1. The van der Waals surface area contributed by atoms with Crippen molar-refractivity contribution in [2.45, 2.75) is 466 Å². The van der Waals surface area contributed by atoms with Gasteiger partial charge in [-0.1, -0.05) is 453 Å². The van der Waals surface area contributed by atoms with E-state index in [0.29, 0.717) is 5.92 Å². The monoisotopic (exact) mass is 1290 g/mol. The number of nitrogens with zero attached hydrogens (tertiary/aromatic N) is 1. The van der Waals surface area contributed by atoms with E-state index < -0.39 is 0 Å². The van der Waals surface area contributed by atoms with Crippen molar-refractivity contribution >= 4 is 58.2 Å². The average Bonchev–Trinajstić information content (AvgIpc) is 3.45. The van der Waals surface area contributed by atoms with Gasteiger partial charge in [0.1, 0.15) is 4.32 Å². The van der Waals surface area contributed by atoms with Crippen molar-refractivity contribution in [3.8, 4) is 0 Å². The summed E-state index contributed by atoms with van der Waals surface area (Å²) in [4.78, 5) is 2.35. The SMILES string of the molecule is C.C.CCCCCCCCCCCCCCCCCCC(CCCCCCCCCCCCCCCCCC)C(=S)[S-].CCCCCCCCCCCCCCCCCCN(CCCCCCCCCCCCCCCCCC)C(=S)S.[Zn]. The van der Waals surface area contributed by atoms with Crippen molar-refractivity contribution in [3.05, 3.63) is 0 Å². The molecule has 0 aliphatic heterocycles. The van der Waals surface area contributed by atoms with Crippen molar-refractivity contribution in [1.29, 1.82) is 0 Å². The van der Waals surface area contributed by atoms with Gasteiger partial charge in [0, 0.05) is 32.6 Å². The van der Waals surface area contributed by atoms with Crippen LogP contribution in [0.5, 0.6) is 0 Å². The maximum absolute atomic E-state index is 5.45. The third-order valence-electron chi connectivity index (χ3n) is 18.0. The Kier molecular flexibility index (Phi) is 95.4. The van der Waals surface area contributed by atoms with E-state index in [-0.39, 0.29) is 34.3 Å². The van der Waals surface area contributed by atoms with Gasteiger partial charge < -0.3 is 29.7 Å². The maximum Gasteiger partial charge on any atom is 0.133 e. The third-order valence-corrected chi connectivity index (χ3v) is 19.2. The van der Waals surface area contributed by atoms with Crippen LogP contribution in [-0.2, 0) is 32.1 Å². The molecule has 0 aliphatic carbocycles. The molecule has 0 bridgehead atoms. The van der Waals surface area contributed by atoms with Crippen LogP contribution in [0.4, 0.5) is 0 Å². The molecule has 0 fully saturated rings. The van der Waals surface area contributed by atoms with Crippen molar-refractivity contribution in [3.63, 3.8) is 0 Å². The molecule has 0 radical (unpaired) electrons. The van der Waals surface area contributed by atoms with E-state index in [4.69, 9.17) is 37.1 Å². The van der Waals surface area contributed by atoms with Gasteiger partial charge in [-0.3, -0.25) is 0 Å². The summed E-state index contributed by atoms with van der Waals surface area (Å²) in [6.45, 7) is 11.4. The molecule has 0 atom stereocenters. The van der Waals surface area contributed by atoms with Gasteiger partial charge in [-0.15, -0.1) is 16.8 Å². The normalized spacial score (nSPS) is 11.1. The summed E-state index contributed by atoms with van der Waals surface area (Å²) < 4.78 is 1.67. The first-order valence-corrected chi connectivity index (χ1v) is 39.3. The Balaban J connectivity index is -0.000000472. The molecule has 0 spiro atoms. The zero-order valence-corrected chi connectivity index (χ0v) is 62.8. The molecule has 0 aromatic heterocycles. The Morgan fingerprint density at radius 2 is 0.398 bits per heavy atom. The largest absolute Gasteiger partial charge is 0.433 e. The van der Waals surface area contributed by atoms with Crippen LogP contribution in [0.3, 0.4) is 0 Å². The van der Waals surface area contributed by atoms with Crippen LogP contribution in [0.15, 0.2) is 0 Å². The molecule has 6 heteroatoms. The molecule has 1 nitrogen and oxygen atoms in total. The maximum atomic E-state index is 5.45. The van der Waals surface area contributed by atoms with Gasteiger partial charge in [-0.05, 0) is 31.6 Å². The Labute approximate surface area is 563 Å². The molecule has 0 aliphatic rings. The molecule has 0 amide bonds. The van der Waals surface area contributed by atoms with E-state index in [1.165, 1.54) is 424 Å². The predicted molar refractivity (Wildman–Crippen MR) is 397 cm³/mol. The van der Waals surface area contributed by atoms with E-state index in [1.54, 1.807) is 0 Å². The Bertz CT molecular complexity index is 978. The summed E-state index contributed by atoms with van der Waals surface area (Å²) in [7, 11) is 0. The molecule has 0 N–H and O–H groups in total. The zero-order valence-electron chi connectivity index (χ0n) is 56.5. The quantitative estimate of drug-likeness (QED) is 0.0212. The van der Waals surface area contributed by atoms with E-state index in [1.807, 2.05) is 0 Å². The standard InChI is InChI=1S/C38H76S2.C37H75NS2.2CH4.Zn/c1-3-5-7-9-11-13-15-17-19-21-23-25-27-29-31-33-35-37(38(39)40)36-34-32-30-28-26-24-22-20-18-16-14-12-10-8-6-4-2;1-3-5-7-9-11-13-15-17-19-21-23-25-27-29-31-33-35-38(37(39)40)36-34-32-30-28-26-24-22-20-18-16-14-12-10-8-6-4-2;;;/h37H,3-36H2,1-2H3,(H,39,40);3-36H2,1-2H3,(H,39,40);2*1H4;/p-1. The zero-order chi connectivity index (χ0) is 58.4. The number of hydrogen-bond donors (Lipinski definition) is 1. The van der Waals surface area contributed by atoms with E-state index in [0.717, 1.165) is 21.6 Å². The summed E-state index contributed by atoms with van der Waals surface area (Å²) in [6.07, 6.45) is 94.1. The van der Waals surface area contributed by atoms with Crippen LogP contribution in [0.1, 0.15) is 466 Å². The Morgan fingerprint density at radius 1 is 0.265 bits per heavy atom. The number of thiol groups is 1. The topological polar surface area (TPSA) is 3.24 Å². The van der Waals surface area contributed by atoms with Crippen LogP contribution in [0.2, 0.25) is 0 Å². The van der Waals surface area contributed by atoms with Gasteiger partial charge in [0.05, 0.1) is 0 Å². The van der Waals surface area contributed by atoms with Gasteiger partial charge >= 0.3 is 0 Å². The first-order chi connectivity index (χ1) is 39.4. The summed E-state index contributed by atoms with van der Waals surface area (Å²) in [5.41, 5.74) is 0. The molecule has 0 saturated heterocycles. The fraction of sp³-hybridized carbons (Fsp3) is 0.974. The number of rotatable bonds is 69. The van der Waals surface area contributed by atoms with E-state index in [9.17, 15) is 0 Å². The number of thiocarbonyl (C=S) groups is 2. The van der Waals surface area contributed by atoms with Gasteiger partial charge in [0.25, 0.3) is 0 Å². The molecule has 0 aromatic rings. The van der Waals surface area contributed by atoms with Crippen molar-refractivity contribution in [2.75, 3.05) is 13.1 Å². The second-order valence-electron chi connectivity index (χ2n) is 26.1. The molecule has 0 rings (SSSR count). The minimum absolute atomic E-state index is 0. The van der Waals surface area contributed by atoms with E-state index in [2.05, 4.69) is 45.2 Å². The van der Waals surface area contributed by atoms with Crippen molar-refractivity contribution < 1.29 is 19.5 Å². The summed E-state index contributed by atoms with van der Waals surface area (Å²) in [5, 5.41) is 0. The Morgan fingerprint density at radius 3 is 0.530 bits per heavy atom. The molecule has 0 aromatic carbocycles. The first kappa shape index (κ1) is 92.9. The minimum atomic E-state index is 0. The van der Waals surface area contributed by atoms with Crippen LogP contribution < -0.4 is 0 Å². The second-order valence-corrected chi connectivity index (χ2v) is 28.3. The molecular weight excluding hydrogens is 1130 g/mol. The molecule has 0 heterocycles. The van der Waals surface area contributed by atoms with Crippen LogP contribution >= 0.6 is 37.1 Å². The average molecular weight is 1290 g/mol. The van der Waals surface area contributed by atoms with E-state index >= 15 is 0 Å². The summed E-state index contributed by atoms with van der Waals surface area (Å²) in [6, 6.07) is 0. The molecule has 0 unspecified atom stereocenters. The van der Waals surface area contributed by atoms with Gasteiger partial charge in [-0.2, -0.15) is 0 Å². The molecule has 83 heavy (non-hydrogen) atoms. The molecule has 498 valence electrons. The molecule has 0 saturated carbocycles. The van der Waals surface area contributed by atoms with Crippen molar-refractivity contribution in [2.24, 2.45) is 5.92 Å². The summed E-state index contributed by atoms with van der Waals surface area (Å²) in [5.74, 6) is 0.531. The van der Waals surface area contributed by atoms with Crippen LogP contribution in [0.25, 0.3) is 0 Å². The Hall–Kier alpha value is 1.17. The predicted octanol–water partition coefficient (Wildman–Crippen LogP) is 30.1. The number of hydrogen-bond acceptors (Lipinski definition) is 3. The third kappa shape index (κ3) is 83.2. The van der Waals surface area contributed by atoms with Gasteiger partial charge in [-0.25, -0.2) is 0 Å². The molecular formula is C77H158NS4Zn-. The number of unbranched alkanes of at least 4 members (excludes halogenated alkanes) is 60. The van der Waals surface area contributed by atoms with Gasteiger partial charge in [0.2, 0.25) is 0 Å². The summed E-state index contributed by atoms with van der Waals surface area (Å²) >= 11 is 20.8. The van der Waals surface area contributed by atoms with Crippen LogP contribution in [-0.4, -0.2) is 26.5 Å². The van der Waals surface area contributed by atoms with Gasteiger partial charge in [0.15, 0.2) is 0 Å². The first-order valence-electron chi connectivity index (χ1n) is 37.6. The fourth-order valence-electron chi connectivity index (χ4n) is 12.3.